The summed E-state index contributed by atoms with van der Waals surface area (Å²) in [6, 6.07) is 3.71. The maximum absolute atomic E-state index is 5.58. The van der Waals surface area contributed by atoms with Gasteiger partial charge in [-0.15, -0.1) is 0 Å². The van der Waals surface area contributed by atoms with E-state index in [1.165, 1.54) is 0 Å². The summed E-state index contributed by atoms with van der Waals surface area (Å²) < 4.78 is 10.8. The third-order valence-corrected chi connectivity index (χ3v) is 1.94. The molecule has 4 heteroatoms. The van der Waals surface area contributed by atoms with Crippen LogP contribution in [0.1, 0.15) is 19.4 Å². The average molecular weight is 210 g/mol. The monoisotopic (exact) mass is 210 g/mol. The van der Waals surface area contributed by atoms with E-state index >= 15 is 0 Å². The third-order valence-electron chi connectivity index (χ3n) is 1.94. The van der Waals surface area contributed by atoms with Gasteiger partial charge in [0.15, 0.2) is 0 Å². The van der Waals surface area contributed by atoms with Crippen LogP contribution in [-0.2, 0) is 16.1 Å². The van der Waals surface area contributed by atoms with Crippen molar-refractivity contribution in [2.45, 2.75) is 26.6 Å². The Morgan fingerprint density at radius 2 is 2.33 bits per heavy atom. The van der Waals surface area contributed by atoms with Gasteiger partial charge in [0.25, 0.3) is 0 Å². The summed E-state index contributed by atoms with van der Waals surface area (Å²) >= 11 is 0. The second-order valence-corrected chi connectivity index (χ2v) is 3.37. The molecule has 1 atom stereocenters. The summed E-state index contributed by atoms with van der Waals surface area (Å²) in [5.41, 5.74) is 6.59. The largest absolute Gasteiger partial charge is 0.384 e. The van der Waals surface area contributed by atoms with Crippen molar-refractivity contribution in [2.24, 2.45) is 0 Å². The Balaban J connectivity index is 2.30. The van der Waals surface area contributed by atoms with Gasteiger partial charge in [-0.3, -0.25) is 0 Å². The van der Waals surface area contributed by atoms with Crippen LogP contribution in [0.2, 0.25) is 0 Å². The van der Waals surface area contributed by atoms with Gasteiger partial charge < -0.3 is 15.2 Å². The lowest BCUT2D eigenvalue weighted by atomic mass is 10.3. The van der Waals surface area contributed by atoms with Crippen LogP contribution in [0, 0.1) is 0 Å². The van der Waals surface area contributed by atoms with Crippen molar-refractivity contribution in [2.75, 3.05) is 18.9 Å². The molecule has 0 aromatic carbocycles. The number of nitrogens with two attached hydrogens (primary N) is 1. The minimum Gasteiger partial charge on any atom is -0.384 e. The number of hydrogen-bond acceptors (Lipinski definition) is 4. The molecule has 1 unspecified atom stereocenters. The molecule has 0 radical (unpaired) electrons. The van der Waals surface area contributed by atoms with Crippen LogP contribution in [0.4, 0.5) is 5.82 Å². The van der Waals surface area contributed by atoms with Crippen LogP contribution in [0.25, 0.3) is 0 Å². The van der Waals surface area contributed by atoms with Gasteiger partial charge >= 0.3 is 0 Å². The van der Waals surface area contributed by atoms with Crippen LogP contribution < -0.4 is 5.73 Å². The zero-order valence-electron chi connectivity index (χ0n) is 9.27. The number of ether oxygens (including phenoxy) is 2. The predicted octanol–water partition coefficient (Wildman–Crippen LogP) is 1.61. The van der Waals surface area contributed by atoms with Crippen LogP contribution in [0.5, 0.6) is 0 Å². The lowest BCUT2D eigenvalue weighted by molar-refractivity contribution is -0.0116. The third kappa shape index (κ3) is 4.76. The summed E-state index contributed by atoms with van der Waals surface area (Å²) in [5.74, 6) is 0.522. The van der Waals surface area contributed by atoms with Crippen LogP contribution in [0.3, 0.4) is 0 Å². The first-order chi connectivity index (χ1) is 7.22. The Morgan fingerprint density at radius 1 is 1.53 bits per heavy atom. The maximum Gasteiger partial charge on any atom is 0.123 e. The predicted molar refractivity (Wildman–Crippen MR) is 59.4 cm³/mol. The van der Waals surface area contributed by atoms with Gasteiger partial charge in [-0.05, 0) is 31.5 Å². The molecule has 1 heterocycles. The van der Waals surface area contributed by atoms with E-state index in [1.54, 1.807) is 6.20 Å². The molecule has 0 aliphatic heterocycles. The second kappa shape index (κ2) is 6.37. The topological polar surface area (TPSA) is 57.4 Å². The smallest absolute Gasteiger partial charge is 0.123 e. The van der Waals surface area contributed by atoms with E-state index < -0.39 is 0 Å². The van der Waals surface area contributed by atoms with Crippen molar-refractivity contribution in [1.29, 1.82) is 0 Å². The molecule has 0 spiro atoms. The van der Waals surface area contributed by atoms with Crippen molar-refractivity contribution in [3.8, 4) is 0 Å². The van der Waals surface area contributed by atoms with E-state index in [0.717, 1.165) is 12.2 Å². The number of rotatable bonds is 6. The first kappa shape index (κ1) is 11.9. The van der Waals surface area contributed by atoms with E-state index in [9.17, 15) is 0 Å². The fourth-order valence-corrected chi connectivity index (χ4v) is 1.15. The summed E-state index contributed by atoms with van der Waals surface area (Å²) in [6.07, 6.45) is 1.78. The van der Waals surface area contributed by atoms with Crippen LogP contribution in [0.15, 0.2) is 18.3 Å². The normalized spacial score (nSPS) is 12.7. The van der Waals surface area contributed by atoms with E-state index in [4.69, 9.17) is 15.2 Å². The summed E-state index contributed by atoms with van der Waals surface area (Å²) in [4.78, 5) is 3.91. The van der Waals surface area contributed by atoms with Gasteiger partial charge in [0, 0.05) is 12.8 Å². The molecule has 0 saturated carbocycles. The number of anilines is 1. The van der Waals surface area contributed by atoms with Crippen molar-refractivity contribution < 1.29 is 9.47 Å². The van der Waals surface area contributed by atoms with Gasteiger partial charge in [0.1, 0.15) is 5.82 Å². The molecule has 15 heavy (non-hydrogen) atoms. The van der Waals surface area contributed by atoms with E-state index in [2.05, 4.69) is 4.98 Å². The molecular weight excluding hydrogens is 192 g/mol. The van der Waals surface area contributed by atoms with E-state index in [-0.39, 0.29) is 6.10 Å². The maximum atomic E-state index is 5.58. The van der Waals surface area contributed by atoms with Crippen molar-refractivity contribution >= 4 is 5.82 Å². The molecule has 2 N–H and O–H groups in total. The first-order valence-corrected chi connectivity index (χ1v) is 5.12. The molecule has 0 bridgehead atoms. The lowest BCUT2D eigenvalue weighted by Gasteiger charge is -2.12. The van der Waals surface area contributed by atoms with E-state index in [1.807, 2.05) is 26.0 Å². The molecule has 4 nitrogen and oxygen atoms in total. The lowest BCUT2D eigenvalue weighted by Crippen LogP contribution is -2.15. The molecular formula is C11H18N2O2. The standard InChI is InChI=1S/C11H18N2O2/c1-3-14-7-9(2)15-8-10-4-5-13-11(12)6-10/h4-6,9H,3,7-8H2,1-2H3,(H2,12,13). The van der Waals surface area contributed by atoms with Crippen LogP contribution >= 0.6 is 0 Å². The Hall–Kier alpha value is -1.13. The SMILES string of the molecule is CCOCC(C)OCc1ccnc(N)c1. The minimum atomic E-state index is 0.0966. The highest BCUT2D eigenvalue weighted by Crippen LogP contribution is 2.06. The first-order valence-electron chi connectivity index (χ1n) is 5.12. The highest BCUT2D eigenvalue weighted by atomic mass is 16.5. The Bertz CT molecular complexity index is 292. The molecule has 0 saturated heterocycles. The summed E-state index contributed by atoms with van der Waals surface area (Å²) in [5, 5.41) is 0. The highest BCUT2D eigenvalue weighted by molar-refractivity contribution is 5.31. The molecule has 84 valence electrons. The Morgan fingerprint density at radius 3 is 3.00 bits per heavy atom. The van der Waals surface area contributed by atoms with Crippen molar-refractivity contribution in [3.05, 3.63) is 23.9 Å². The van der Waals surface area contributed by atoms with Crippen molar-refractivity contribution in [1.82, 2.24) is 4.98 Å². The zero-order valence-corrected chi connectivity index (χ0v) is 9.27. The fraction of sp³-hybridized carbons (Fsp3) is 0.545. The number of hydrogen-bond donors (Lipinski definition) is 1. The van der Waals surface area contributed by atoms with Crippen LogP contribution in [-0.4, -0.2) is 24.3 Å². The minimum absolute atomic E-state index is 0.0966. The van der Waals surface area contributed by atoms with Gasteiger partial charge in [-0.2, -0.15) is 0 Å². The van der Waals surface area contributed by atoms with Gasteiger partial charge in [-0.1, -0.05) is 0 Å². The molecule has 1 aromatic rings. The molecule has 1 aromatic heterocycles. The number of nitrogen functional groups attached to an aromatic ring is 1. The average Bonchev–Trinajstić information content (AvgIpc) is 2.23. The summed E-state index contributed by atoms with van der Waals surface area (Å²) in [6.45, 7) is 5.84. The number of pyridine rings is 1. The Labute approximate surface area is 90.4 Å². The van der Waals surface area contributed by atoms with E-state index in [0.29, 0.717) is 19.0 Å². The van der Waals surface area contributed by atoms with Crippen molar-refractivity contribution in [3.63, 3.8) is 0 Å². The highest BCUT2D eigenvalue weighted by Gasteiger charge is 2.02. The zero-order chi connectivity index (χ0) is 11.1. The Kier molecular flexibility index (Phi) is 5.07. The molecule has 0 aliphatic rings. The second-order valence-electron chi connectivity index (χ2n) is 3.37. The molecule has 0 fully saturated rings. The van der Waals surface area contributed by atoms with Gasteiger partial charge in [0.2, 0.25) is 0 Å². The van der Waals surface area contributed by atoms with Gasteiger partial charge in [0.05, 0.1) is 19.3 Å². The van der Waals surface area contributed by atoms with Gasteiger partial charge in [-0.25, -0.2) is 4.98 Å². The molecule has 0 aliphatic carbocycles. The number of nitrogens with zero attached hydrogens (tertiary/aromatic N) is 1. The summed E-state index contributed by atoms with van der Waals surface area (Å²) in [7, 11) is 0. The number of aromatic nitrogens is 1. The fourth-order valence-electron chi connectivity index (χ4n) is 1.15. The quantitative estimate of drug-likeness (QED) is 0.775. The molecule has 1 rings (SSSR count). The molecule has 0 amide bonds.